The Bertz CT molecular complexity index is 901. The minimum Gasteiger partial charge on any atom is -0.448 e. The number of hydrogen-bond acceptors (Lipinski definition) is 4. The molecule has 0 spiro atoms. The number of carbonyl (C=O) groups excluding carboxylic acids is 3. The predicted octanol–water partition coefficient (Wildman–Crippen LogP) is 3.94. The molecule has 144 valence electrons. The van der Waals surface area contributed by atoms with Crippen molar-refractivity contribution in [1.29, 1.82) is 0 Å². The van der Waals surface area contributed by atoms with E-state index in [2.05, 4.69) is 10.3 Å². The van der Waals surface area contributed by atoms with Crippen molar-refractivity contribution < 1.29 is 19.1 Å². The Hall–Kier alpha value is -2.89. The van der Waals surface area contributed by atoms with Crippen LogP contribution in [-0.2, 0) is 9.53 Å². The normalized spacial score (nSPS) is 11.8. The number of H-pyrrole nitrogens is 1. The molecule has 0 aliphatic heterocycles. The number of carbonyl (C=O) groups is 3. The molecular formula is C21H26N2O4. The van der Waals surface area contributed by atoms with Gasteiger partial charge in [-0.25, -0.2) is 4.79 Å². The Morgan fingerprint density at radius 3 is 2.07 bits per heavy atom. The number of benzene rings is 1. The Balaban J connectivity index is 2.14. The Morgan fingerprint density at radius 2 is 1.59 bits per heavy atom. The van der Waals surface area contributed by atoms with Crippen LogP contribution in [0.1, 0.15) is 62.6 Å². The number of ether oxygens (including phenoxy) is 1. The van der Waals surface area contributed by atoms with Crippen LogP contribution in [0.25, 0.3) is 0 Å². The fourth-order valence-electron chi connectivity index (χ4n) is 3.36. The summed E-state index contributed by atoms with van der Waals surface area (Å²) in [4.78, 5) is 39.5. The second kappa shape index (κ2) is 7.78. The van der Waals surface area contributed by atoms with E-state index in [1.165, 1.54) is 13.8 Å². The number of ketones is 1. The first-order chi connectivity index (χ1) is 12.5. The second-order valence-corrected chi connectivity index (χ2v) is 6.99. The van der Waals surface area contributed by atoms with Crippen LogP contribution < -0.4 is 5.32 Å². The monoisotopic (exact) mass is 370 g/mol. The number of nitrogens with one attached hydrogen (secondary N) is 2. The van der Waals surface area contributed by atoms with Crippen LogP contribution in [0.3, 0.4) is 0 Å². The number of hydrogen-bond donors (Lipinski definition) is 2. The number of esters is 1. The highest BCUT2D eigenvalue weighted by molar-refractivity contribution is 6.02. The van der Waals surface area contributed by atoms with E-state index in [-0.39, 0.29) is 11.5 Å². The zero-order valence-electron chi connectivity index (χ0n) is 16.9. The van der Waals surface area contributed by atoms with Gasteiger partial charge in [0.25, 0.3) is 5.91 Å². The fourth-order valence-corrected chi connectivity index (χ4v) is 3.36. The van der Waals surface area contributed by atoms with E-state index >= 15 is 0 Å². The van der Waals surface area contributed by atoms with Crippen LogP contribution in [0, 0.1) is 34.6 Å². The van der Waals surface area contributed by atoms with Gasteiger partial charge in [-0.3, -0.25) is 9.59 Å². The fraction of sp³-hybridized carbons (Fsp3) is 0.381. The van der Waals surface area contributed by atoms with Gasteiger partial charge in [-0.2, -0.15) is 0 Å². The Morgan fingerprint density at radius 1 is 1.04 bits per heavy atom. The first-order valence-corrected chi connectivity index (χ1v) is 8.82. The minimum atomic E-state index is -0.985. The van der Waals surface area contributed by atoms with Crippen LogP contribution in [0.15, 0.2) is 12.1 Å². The van der Waals surface area contributed by atoms with Gasteiger partial charge in [-0.15, -0.1) is 0 Å². The van der Waals surface area contributed by atoms with Gasteiger partial charge < -0.3 is 15.0 Å². The standard InChI is InChI=1S/C21H26N2O4/c1-10-8-11(2)18(12(3)9-10)23-20(25)16(7)27-21(26)19-13(4)17(15(6)24)14(5)22-19/h8-9,16,22H,1-7H3,(H,23,25)/t16-/m0/s1. The second-order valence-electron chi connectivity index (χ2n) is 6.99. The molecule has 1 aromatic carbocycles. The molecule has 6 heteroatoms. The van der Waals surface area contributed by atoms with Crippen molar-refractivity contribution >= 4 is 23.3 Å². The summed E-state index contributed by atoms with van der Waals surface area (Å²) >= 11 is 0. The number of aromatic nitrogens is 1. The highest BCUT2D eigenvalue weighted by Gasteiger charge is 2.25. The highest BCUT2D eigenvalue weighted by atomic mass is 16.5. The van der Waals surface area contributed by atoms with Crippen molar-refractivity contribution in [2.45, 2.75) is 54.6 Å². The molecule has 0 bridgehead atoms. The zero-order valence-corrected chi connectivity index (χ0v) is 16.9. The smallest absolute Gasteiger partial charge is 0.355 e. The summed E-state index contributed by atoms with van der Waals surface area (Å²) in [7, 11) is 0. The molecule has 0 aliphatic carbocycles. The lowest BCUT2D eigenvalue weighted by Gasteiger charge is -2.17. The summed E-state index contributed by atoms with van der Waals surface area (Å²) in [6.07, 6.45) is -0.985. The lowest BCUT2D eigenvalue weighted by molar-refractivity contribution is -0.123. The van der Waals surface area contributed by atoms with Gasteiger partial charge in [0.2, 0.25) is 0 Å². The molecule has 2 aromatic rings. The number of anilines is 1. The molecule has 2 N–H and O–H groups in total. The van der Waals surface area contributed by atoms with E-state index in [1.807, 2.05) is 32.9 Å². The molecule has 0 saturated carbocycles. The summed E-state index contributed by atoms with van der Waals surface area (Å²) in [5.74, 6) is -1.20. The maximum Gasteiger partial charge on any atom is 0.355 e. The largest absolute Gasteiger partial charge is 0.448 e. The van der Waals surface area contributed by atoms with Gasteiger partial charge in [-0.1, -0.05) is 17.7 Å². The van der Waals surface area contributed by atoms with Gasteiger partial charge in [0.05, 0.1) is 0 Å². The molecule has 27 heavy (non-hydrogen) atoms. The molecule has 0 fully saturated rings. The molecule has 0 aliphatic rings. The number of rotatable bonds is 5. The van der Waals surface area contributed by atoms with E-state index in [4.69, 9.17) is 4.74 Å². The maximum atomic E-state index is 12.5. The lowest BCUT2D eigenvalue weighted by atomic mass is 10.0. The molecule has 1 aromatic heterocycles. The van der Waals surface area contributed by atoms with Crippen LogP contribution >= 0.6 is 0 Å². The lowest BCUT2D eigenvalue weighted by Crippen LogP contribution is -2.30. The van der Waals surface area contributed by atoms with Gasteiger partial charge >= 0.3 is 5.97 Å². The van der Waals surface area contributed by atoms with Crippen LogP contribution in [-0.4, -0.2) is 28.7 Å². The van der Waals surface area contributed by atoms with Crippen LogP contribution in [0.4, 0.5) is 5.69 Å². The summed E-state index contributed by atoms with van der Waals surface area (Å²) in [5, 5.41) is 2.83. The van der Waals surface area contributed by atoms with Crippen molar-refractivity contribution in [2.24, 2.45) is 0 Å². The Labute approximate surface area is 159 Å². The first-order valence-electron chi connectivity index (χ1n) is 8.82. The summed E-state index contributed by atoms with van der Waals surface area (Å²) in [5.41, 5.74) is 5.53. The summed E-state index contributed by atoms with van der Waals surface area (Å²) < 4.78 is 5.31. The van der Waals surface area contributed by atoms with Gasteiger partial charge in [0.1, 0.15) is 5.69 Å². The Kier molecular flexibility index (Phi) is 5.88. The predicted molar refractivity (Wildman–Crippen MR) is 104 cm³/mol. The first kappa shape index (κ1) is 20.4. The van der Waals surface area contributed by atoms with E-state index < -0.39 is 18.0 Å². The van der Waals surface area contributed by atoms with Gasteiger partial charge in [0, 0.05) is 16.9 Å². The molecule has 2 rings (SSSR count). The molecule has 0 unspecified atom stereocenters. The van der Waals surface area contributed by atoms with Crippen molar-refractivity contribution in [3.63, 3.8) is 0 Å². The molecule has 6 nitrogen and oxygen atoms in total. The van der Waals surface area contributed by atoms with Crippen molar-refractivity contribution in [1.82, 2.24) is 4.98 Å². The van der Waals surface area contributed by atoms with Gasteiger partial charge in [-0.05, 0) is 65.2 Å². The van der Waals surface area contributed by atoms with Crippen LogP contribution in [0.5, 0.6) is 0 Å². The number of amides is 1. The summed E-state index contributed by atoms with van der Waals surface area (Å²) in [6, 6.07) is 3.96. The molecule has 1 atom stereocenters. The van der Waals surface area contributed by atoms with E-state index in [0.717, 1.165) is 22.4 Å². The van der Waals surface area contributed by atoms with E-state index in [9.17, 15) is 14.4 Å². The average Bonchev–Trinajstić information content (AvgIpc) is 2.85. The number of aryl methyl sites for hydroxylation is 4. The zero-order chi connectivity index (χ0) is 20.5. The molecule has 1 amide bonds. The third kappa shape index (κ3) is 4.27. The van der Waals surface area contributed by atoms with Crippen molar-refractivity contribution in [3.8, 4) is 0 Å². The average molecular weight is 370 g/mol. The molecule has 1 heterocycles. The molecule has 0 saturated heterocycles. The SMILES string of the molecule is CC(=O)c1c(C)[nH]c(C(=O)O[C@@H](C)C(=O)Nc2c(C)cc(C)cc2C)c1C. The van der Waals surface area contributed by atoms with Crippen molar-refractivity contribution in [2.75, 3.05) is 5.32 Å². The quantitative estimate of drug-likeness (QED) is 0.616. The molecular weight excluding hydrogens is 344 g/mol. The summed E-state index contributed by atoms with van der Waals surface area (Å²) in [6.45, 7) is 12.2. The maximum absolute atomic E-state index is 12.5. The minimum absolute atomic E-state index is 0.128. The molecule has 0 radical (unpaired) electrons. The topological polar surface area (TPSA) is 88.3 Å². The van der Waals surface area contributed by atoms with Crippen molar-refractivity contribution in [3.05, 3.63) is 51.3 Å². The van der Waals surface area contributed by atoms with E-state index in [0.29, 0.717) is 16.8 Å². The van der Waals surface area contributed by atoms with Gasteiger partial charge in [0.15, 0.2) is 11.9 Å². The highest BCUT2D eigenvalue weighted by Crippen LogP contribution is 2.23. The third-order valence-corrected chi connectivity index (χ3v) is 4.57. The third-order valence-electron chi connectivity index (χ3n) is 4.57. The number of Topliss-reactive ketones (excluding diaryl/α,β-unsaturated/α-hetero) is 1. The van der Waals surface area contributed by atoms with Crippen LogP contribution in [0.2, 0.25) is 0 Å². The van der Waals surface area contributed by atoms with E-state index in [1.54, 1.807) is 13.8 Å². The number of aromatic amines is 1.